The van der Waals surface area contributed by atoms with Gasteiger partial charge in [-0.3, -0.25) is 4.90 Å². The van der Waals surface area contributed by atoms with Crippen LogP contribution in [-0.2, 0) is 26.1 Å². The third-order valence-corrected chi connectivity index (χ3v) is 6.89. The van der Waals surface area contributed by atoms with Crippen molar-refractivity contribution >= 4 is 11.6 Å². The van der Waals surface area contributed by atoms with Crippen molar-refractivity contribution in [2.45, 2.75) is 45.8 Å². The number of hydrogen-bond donors (Lipinski definition) is 0. The molecule has 2 heterocycles. The van der Waals surface area contributed by atoms with Gasteiger partial charge in [0, 0.05) is 36.8 Å². The van der Waals surface area contributed by atoms with Crippen molar-refractivity contribution in [3.8, 4) is 22.9 Å². The Kier molecular flexibility index (Phi) is 8.07. The van der Waals surface area contributed by atoms with Crippen molar-refractivity contribution in [3.63, 3.8) is 0 Å². The molecule has 0 saturated heterocycles. The minimum atomic E-state index is -0.243. The van der Waals surface area contributed by atoms with Crippen LogP contribution in [0.4, 0.5) is 4.39 Å². The van der Waals surface area contributed by atoms with Gasteiger partial charge in [-0.15, -0.1) is 0 Å². The average Bonchev–Trinajstić information content (AvgIpc) is 3.54. The number of fused-ring (bicyclic) bond motifs is 1. The summed E-state index contributed by atoms with van der Waals surface area (Å²) in [5, 5.41) is 0.745. The Balaban J connectivity index is 1.40. The van der Waals surface area contributed by atoms with Crippen LogP contribution in [0.2, 0.25) is 5.02 Å². The minimum Gasteiger partial charge on any atom is -0.454 e. The van der Waals surface area contributed by atoms with Gasteiger partial charge in [-0.05, 0) is 72.5 Å². The Hall–Kier alpha value is -3.35. The molecule has 5 rings (SSSR count). The highest BCUT2D eigenvalue weighted by atomic mass is 35.5. The fourth-order valence-electron chi connectivity index (χ4n) is 4.61. The molecule has 1 aliphatic rings. The van der Waals surface area contributed by atoms with E-state index in [1.54, 1.807) is 12.1 Å². The first-order chi connectivity index (χ1) is 18.1. The van der Waals surface area contributed by atoms with E-state index in [0.717, 1.165) is 79.0 Å². The summed E-state index contributed by atoms with van der Waals surface area (Å²) >= 11 is 6.09. The van der Waals surface area contributed by atoms with Crippen LogP contribution in [-0.4, -0.2) is 27.8 Å². The molecule has 0 fully saturated rings. The predicted octanol–water partition coefficient (Wildman–Crippen LogP) is 7.12. The monoisotopic (exact) mass is 519 g/mol. The zero-order valence-corrected chi connectivity index (χ0v) is 21.8. The van der Waals surface area contributed by atoms with Gasteiger partial charge in [-0.1, -0.05) is 43.1 Å². The Morgan fingerprint density at radius 3 is 2.49 bits per heavy atom. The van der Waals surface area contributed by atoms with Crippen LogP contribution in [0.3, 0.4) is 0 Å². The maximum Gasteiger partial charge on any atom is 0.231 e. The Bertz CT molecular complexity index is 1320. The second-order valence-corrected chi connectivity index (χ2v) is 9.80. The molecular weight excluding hydrogens is 489 g/mol. The molecule has 1 aliphatic heterocycles. The van der Waals surface area contributed by atoms with Crippen LogP contribution in [0.15, 0.2) is 72.9 Å². The second-order valence-electron chi connectivity index (χ2n) is 9.36. The molecule has 0 atom stereocenters. The third kappa shape index (κ3) is 6.32. The zero-order valence-electron chi connectivity index (χ0n) is 21.0. The van der Waals surface area contributed by atoms with E-state index < -0.39 is 0 Å². The summed E-state index contributed by atoms with van der Waals surface area (Å²) in [5.41, 5.74) is 4.47. The van der Waals surface area contributed by atoms with Crippen LogP contribution >= 0.6 is 11.6 Å². The van der Waals surface area contributed by atoms with Crippen molar-refractivity contribution in [3.05, 3.63) is 101 Å². The number of rotatable bonds is 11. The number of ether oxygens (including phenoxy) is 2. The largest absolute Gasteiger partial charge is 0.454 e. The van der Waals surface area contributed by atoms with Gasteiger partial charge >= 0.3 is 0 Å². The number of aromatic nitrogens is 2. The van der Waals surface area contributed by atoms with Gasteiger partial charge in [-0.2, -0.15) is 0 Å². The van der Waals surface area contributed by atoms with Crippen LogP contribution in [0.1, 0.15) is 36.6 Å². The van der Waals surface area contributed by atoms with E-state index in [4.69, 9.17) is 26.1 Å². The highest BCUT2D eigenvalue weighted by Crippen LogP contribution is 2.33. The van der Waals surface area contributed by atoms with Crippen molar-refractivity contribution in [1.82, 2.24) is 14.5 Å². The van der Waals surface area contributed by atoms with Gasteiger partial charge in [0.25, 0.3) is 0 Å². The highest BCUT2D eigenvalue weighted by Gasteiger charge is 2.18. The molecule has 4 aromatic rings. The van der Waals surface area contributed by atoms with E-state index in [1.807, 2.05) is 24.4 Å². The Morgan fingerprint density at radius 1 is 0.946 bits per heavy atom. The van der Waals surface area contributed by atoms with E-state index in [0.29, 0.717) is 0 Å². The molecule has 37 heavy (non-hydrogen) atoms. The number of benzene rings is 3. The topological polar surface area (TPSA) is 39.5 Å². The van der Waals surface area contributed by atoms with Gasteiger partial charge in [0.05, 0.1) is 11.9 Å². The third-order valence-electron chi connectivity index (χ3n) is 6.63. The van der Waals surface area contributed by atoms with Crippen molar-refractivity contribution < 1.29 is 13.9 Å². The average molecular weight is 520 g/mol. The lowest BCUT2D eigenvalue weighted by Gasteiger charge is -2.24. The van der Waals surface area contributed by atoms with E-state index >= 15 is 0 Å². The summed E-state index contributed by atoms with van der Waals surface area (Å²) in [6, 6.07) is 20.8. The van der Waals surface area contributed by atoms with Crippen molar-refractivity contribution in [1.29, 1.82) is 0 Å². The van der Waals surface area contributed by atoms with Gasteiger partial charge < -0.3 is 14.0 Å². The van der Waals surface area contributed by atoms with E-state index in [-0.39, 0.29) is 12.6 Å². The summed E-state index contributed by atoms with van der Waals surface area (Å²) in [4.78, 5) is 7.20. The number of halogens is 2. The molecule has 5 nitrogen and oxygen atoms in total. The quantitative estimate of drug-likeness (QED) is 0.211. The molecule has 0 aliphatic carbocycles. The summed E-state index contributed by atoms with van der Waals surface area (Å²) in [6.07, 6.45) is 4.99. The molecule has 0 unspecified atom stereocenters. The van der Waals surface area contributed by atoms with Gasteiger partial charge in [0.2, 0.25) is 6.79 Å². The fourth-order valence-corrected chi connectivity index (χ4v) is 4.74. The number of nitrogens with zero attached hydrogens (tertiary/aromatic N) is 3. The molecule has 192 valence electrons. The smallest absolute Gasteiger partial charge is 0.231 e. The van der Waals surface area contributed by atoms with E-state index in [9.17, 15) is 4.39 Å². The van der Waals surface area contributed by atoms with Crippen LogP contribution in [0.25, 0.3) is 11.4 Å². The standard InChI is InChI=1S/C30H31ClFN3O2/c1-2-3-15-35-27(18-33-30(35)24-7-11-26(32)12-8-24)20-34(16-14-22-4-9-25(31)10-5-22)19-23-6-13-28-29(17-23)37-21-36-28/h4-13,17-18H,2-3,14-16,19-21H2,1H3. The number of unbranched alkanes of at least 4 members (excludes halogenated alkanes) is 1. The Morgan fingerprint density at radius 2 is 1.70 bits per heavy atom. The molecule has 0 radical (unpaired) electrons. The van der Waals surface area contributed by atoms with Crippen LogP contribution in [0.5, 0.6) is 11.5 Å². The van der Waals surface area contributed by atoms with Crippen molar-refractivity contribution in [2.24, 2.45) is 0 Å². The van der Waals surface area contributed by atoms with Gasteiger partial charge in [0.1, 0.15) is 11.6 Å². The summed E-state index contributed by atoms with van der Waals surface area (Å²) in [6.45, 7) is 5.68. The molecule has 1 aromatic heterocycles. The molecule has 0 spiro atoms. The molecule has 0 saturated carbocycles. The summed E-state index contributed by atoms with van der Waals surface area (Å²) in [7, 11) is 0. The SMILES string of the molecule is CCCCn1c(CN(CCc2ccc(Cl)cc2)Cc2ccc3c(c2)OCO3)cnc1-c1ccc(F)cc1. The lowest BCUT2D eigenvalue weighted by Crippen LogP contribution is -2.26. The highest BCUT2D eigenvalue weighted by molar-refractivity contribution is 6.30. The predicted molar refractivity (Wildman–Crippen MR) is 144 cm³/mol. The maximum absolute atomic E-state index is 13.6. The fraction of sp³-hybridized carbons (Fsp3) is 0.300. The van der Waals surface area contributed by atoms with E-state index in [1.165, 1.54) is 23.3 Å². The molecule has 7 heteroatoms. The minimum absolute atomic E-state index is 0.243. The van der Waals surface area contributed by atoms with Crippen LogP contribution < -0.4 is 9.47 Å². The maximum atomic E-state index is 13.6. The first-order valence-corrected chi connectivity index (χ1v) is 13.1. The van der Waals surface area contributed by atoms with Gasteiger partial charge in [0.15, 0.2) is 11.5 Å². The van der Waals surface area contributed by atoms with Crippen molar-refractivity contribution in [2.75, 3.05) is 13.3 Å². The van der Waals surface area contributed by atoms with Crippen LogP contribution in [0, 0.1) is 5.82 Å². The number of hydrogen-bond acceptors (Lipinski definition) is 4. The molecule has 3 aromatic carbocycles. The lowest BCUT2D eigenvalue weighted by molar-refractivity contribution is 0.174. The van der Waals surface area contributed by atoms with E-state index in [2.05, 4.69) is 40.7 Å². The zero-order chi connectivity index (χ0) is 25.6. The number of imidazole rings is 1. The molecule has 0 bridgehead atoms. The summed E-state index contributed by atoms with van der Waals surface area (Å²) in [5.74, 6) is 2.22. The normalized spacial score (nSPS) is 12.4. The molecular formula is C30H31ClFN3O2. The van der Waals surface area contributed by atoms with Gasteiger partial charge in [-0.25, -0.2) is 9.37 Å². The molecule has 0 N–H and O–H groups in total. The first-order valence-electron chi connectivity index (χ1n) is 12.7. The molecule has 0 amide bonds. The summed E-state index contributed by atoms with van der Waals surface area (Å²) < 4.78 is 26.9. The lowest BCUT2D eigenvalue weighted by atomic mass is 10.1. The first kappa shape index (κ1) is 25.3. The second kappa shape index (κ2) is 11.8. The Labute approximate surface area is 222 Å².